The van der Waals surface area contributed by atoms with Crippen LogP contribution in [0.15, 0.2) is 66.7 Å². The van der Waals surface area contributed by atoms with E-state index in [1.807, 2.05) is 66.4 Å². The number of carbonyl (C=O) groups is 1. The summed E-state index contributed by atoms with van der Waals surface area (Å²) in [4.78, 5) is 14.6. The summed E-state index contributed by atoms with van der Waals surface area (Å²) in [6.07, 6.45) is 1.09. The molecule has 0 spiro atoms. The molecule has 3 aromatic carbocycles. The predicted octanol–water partition coefficient (Wildman–Crippen LogP) is 5.58. The normalized spacial score (nSPS) is 14.8. The van der Waals surface area contributed by atoms with E-state index in [-0.39, 0.29) is 12.1 Å². The third-order valence-corrected chi connectivity index (χ3v) is 6.11. The fourth-order valence-electron chi connectivity index (χ4n) is 4.36. The minimum absolute atomic E-state index is 0.168. The van der Waals surface area contributed by atoms with Crippen molar-refractivity contribution in [3.05, 3.63) is 89.0 Å². The van der Waals surface area contributed by atoms with Gasteiger partial charge in [0.1, 0.15) is 12.4 Å². The zero-order chi connectivity index (χ0) is 23.9. The van der Waals surface area contributed by atoms with Crippen LogP contribution in [0.5, 0.6) is 17.2 Å². The Morgan fingerprint density at radius 3 is 2.32 bits per heavy atom. The number of hydrogen-bond donors (Lipinski definition) is 0. The van der Waals surface area contributed by atoms with Crippen LogP contribution in [0, 0.1) is 0 Å². The summed E-state index contributed by atoms with van der Waals surface area (Å²) in [6, 6.07) is 22.0. The quantitative estimate of drug-likeness (QED) is 0.438. The van der Waals surface area contributed by atoms with E-state index in [1.165, 1.54) is 0 Å². The molecule has 178 valence electrons. The molecular weight excluding hydrogens is 430 g/mol. The fourth-order valence-corrected chi connectivity index (χ4v) is 4.36. The van der Waals surface area contributed by atoms with Gasteiger partial charge in [0.25, 0.3) is 0 Å². The summed E-state index contributed by atoms with van der Waals surface area (Å²) in [7, 11) is 3.26. The third-order valence-electron chi connectivity index (χ3n) is 6.11. The molecule has 34 heavy (non-hydrogen) atoms. The summed E-state index contributed by atoms with van der Waals surface area (Å²) < 4.78 is 22.3. The molecule has 0 bridgehead atoms. The highest BCUT2D eigenvalue weighted by Gasteiger charge is 2.33. The molecule has 1 atom stereocenters. The molecule has 1 unspecified atom stereocenters. The lowest BCUT2D eigenvalue weighted by atomic mass is 9.88. The molecule has 0 aliphatic carbocycles. The second kappa shape index (κ2) is 11.0. The van der Waals surface area contributed by atoms with Crippen molar-refractivity contribution in [2.75, 3.05) is 27.4 Å². The average molecular weight is 462 g/mol. The zero-order valence-electron chi connectivity index (χ0n) is 20.0. The Morgan fingerprint density at radius 1 is 0.941 bits per heavy atom. The Labute approximate surface area is 201 Å². The lowest BCUT2D eigenvalue weighted by molar-refractivity contribution is 0.0863. The van der Waals surface area contributed by atoms with Crippen LogP contribution in [-0.2, 0) is 24.2 Å². The van der Waals surface area contributed by atoms with Crippen molar-refractivity contribution in [2.45, 2.75) is 32.4 Å². The summed E-state index contributed by atoms with van der Waals surface area (Å²) in [6.45, 7) is 3.28. The number of nitrogens with zero attached hydrogens (tertiary/aromatic N) is 1. The average Bonchev–Trinajstić information content (AvgIpc) is 2.88. The Hall–Kier alpha value is -3.67. The fraction of sp³-hybridized carbons (Fsp3) is 0.321. The van der Waals surface area contributed by atoms with Gasteiger partial charge in [-0.2, -0.15) is 0 Å². The molecular formula is C28H31NO5. The molecule has 0 fully saturated rings. The molecule has 0 N–H and O–H groups in total. The van der Waals surface area contributed by atoms with Crippen molar-refractivity contribution in [1.82, 2.24) is 4.90 Å². The topological polar surface area (TPSA) is 57.2 Å². The monoisotopic (exact) mass is 461 g/mol. The first-order chi connectivity index (χ1) is 16.6. The maximum absolute atomic E-state index is 12.8. The molecule has 1 aliphatic rings. The van der Waals surface area contributed by atoms with Crippen LogP contribution < -0.4 is 14.2 Å². The van der Waals surface area contributed by atoms with Gasteiger partial charge in [0, 0.05) is 6.54 Å². The molecule has 1 amide bonds. The van der Waals surface area contributed by atoms with Crippen molar-refractivity contribution in [2.24, 2.45) is 0 Å². The minimum atomic E-state index is -0.296. The summed E-state index contributed by atoms with van der Waals surface area (Å²) >= 11 is 0. The number of ether oxygens (including phenoxy) is 4. The van der Waals surface area contributed by atoms with E-state index in [1.54, 1.807) is 14.2 Å². The van der Waals surface area contributed by atoms with E-state index in [0.29, 0.717) is 37.7 Å². The SMILES string of the molecule is CCOC(=O)N1CCc2cc(OC)c(OC)cc2C1Cc1ccc(OCc2ccccc2)cc1. The van der Waals surface area contributed by atoms with Gasteiger partial charge in [-0.1, -0.05) is 42.5 Å². The molecule has 6 heteroatoms. The highest BCUT2D eigenvalue weighted by Crippen LogP contribution is 2.39. The first-order valence-corrected chi connectivity index (χ1v) is 11.6. The number of fused-ring (bicyclic) bond motifs is 1. The summed E-state index contributed by atoms with van der Waals surface area (Å²) in [5.74, 6) is 2.16. The molecule has 3 aromatic rings. The van der Waals surface area contributed by atoms with Crippen LogP contribution in [0.2, 0.25) is 0 Å². The van der Waals surface area contributed by atoms with E-state index in [2.05, 4.69) is 12.1 Å². The zero-order valence-corrected chi connectivity index (χ0v) is 20.0. The Morgan fingerprint density at radius 2 is 1.65 bits per heavy atom. The smallest absolute Gasteiger partial charge is 0.410 e. The number of benzene rings is 3. The van der Waals surface area contributed by atoms with Crippen molar-refractivity contribution < 1.29 is 23.7 Å². The van der Waals surface area contributed by atoms with E-state index >= 15 is 0 Å². The van der Waals surface area contributed by atoms with Crippen LogP contribution in [0.25, 0.3) is 0 Å². The number of rotatable bonds is 8. The second-order valence-electron chi connectivity index (χ2n) is 8.19. The van der Waals surface area contributed by atoms with Crippen LogP contribution >= 0.6 is 0 Å². The predicted molar refractivity (Wildman–Crippen MR) is 131 cm³/mol. The van der Waals surface area contributed by atoms with Crippen molar-refractivity contribution >= 4 is 6.09 Å². The van der Waals surface area contributed by atoms with Gasteiger partial charge < -0.3 is 23.8 Å². The number of amides is 1. The van der Waals surface area contributed by atoms with Gasteiger partial charge >= 0.3 is 6.09 Å². The lowest BCUT2D eigenvalue weighted by Crippen LogP contribution is -2.41. The summed E-state index contributed by atoms with van der Waals surface area (Å²) in [5.41, 5.74) is 4.45. The maximum Gasteiger partial charge on any atom is 0.410 e. The second-order valence-corrected chi connectivity index (χ2v) is 8.19. The van der Waals surface area contributed by atoms with E-state index in [0.717, 1.165) is 34.4 Å². The molecule has 1 heterocycles. The van der Waals surface area contributed by atoms with Gasteiger partial charge in [-0.05, 0) is 66.3 Å². The van der Waals surface area contributed by atoms with Crippen LogP contribution in [0.3, 0.4) is 0 Å². The highest BCUT2D eigenvalue weighted by atomic mass is 16.6. The molecule has 0 saturated heterocycles. The number of carbonyl (C=O) groups excluding carboxylic acids is 1. The molecule has 0 radical (unpaired) electrons. The van der Waals surface area contributed by atoms with Crippen molar-refractivity contribution in [3.8, 4) is 17.2 Å². The summed E-state index contributed by atoms with van der Waals surface area (Å²) in [5, 5.41) is 0. The van der Waals surface area contributed by atoms with Gasteiger partial charge in [0.2, 0.25) is 0 Å². The van der Waals surface area contributed by atoms with Crippen LogP contribution in [0.4, 0.5) is 4.79 Å². The maximum atomic E-state index is 12.8. The Balaban J connectivity index is 1.56. The van der Waals surface area contributed by atoms with Gasteiger partial charge in [0.05, 0.1) is 26.9 Å². The van der Waals surface area contributed by atoms with Crippen LogP contribution in [-0.4, -0.2) is 38.4 Å². The lowest BCUT2D eigenvalue weighted by Gasteiger charge is -2.37. The molecule has 1 aliphatic heterocycles. The first kappa shape index (κ1) is 23.5. The Bertz CT molecular complexity index is 1100. The van der Waals surface area contributed by atoms with E-state index in [9.17, 15) is 4.79 Å². The van der Waals surface area contributed by atoms with Crippen molar-refractivity contribution in [1.29, 1.82) is 0 Å². The van der Waals surface area contributed by atoms with Gasteiger partial charge in [0.15, 0.2) is 11.5 Å². The van der Waals surface area contributed by atoms with Crippen molar-refractivity contribution in [3.63, 3.8) is 0 Å². The molecule has 0 aromatic heterocycles. The molecule has 4 rings (SSSR count). The standard InChI is InChI=1S/C28H31NO5/c1-4-33-28(30)29-15-14-22-17-26(31-2)27(32-3)18-24(22)25(29)16-20-10-12-23(13-11-20)34-19-21-8-6-5-7-9-21/h5-13,17-18,25H,4,14-16,19H2,1-3H3. The van der Waals surface area contributed by atoms with E-state index < -0.39 is 0 Å². The van der Waals surface area contributed by atoms with Gasteiger partial charge in [-0.15, -0.1) is 0 Å². The van der Waals surface area contributed by atoms with Gasteiger partial charge in [-0.3, -0.25) is 0 Å². The largest absolute Gasteiger partial charge is 0.493 e. The highest BCUT2D eigenvalue weighted by molar-refractivity contribution is 5.69. The molecule has 0 saturated carbocycles. The number of methoxy groups -OCH3 is 2. The molecule has 6 nitrogen and oxygen atoms in total. The Kier molecular flexibility index (Phi) is 7.58. The first-order valence-electron chi connectivity index (χ1n) is 11.6. The third kappa shape index (κ3) is 5.28. The van der Waals surface area contributed by atoms with Gasteiger partial charge in [-0.25, -0.2) is 4.79 Å². The minimum Gasteiger partial charge on any atom is -0.493 e. The number of hydrogen-bond acceptors (Lipinski definition) is 5. The van der Waals surface area contributed by atoms with E-state index in [4.69, 9.17) is 18.9 Å². The van der Waals surface area contributed by atoms with Crippen LogP contribution in [0.1, 0.15) is 35.2 Å².